The zero-order chi connectivity index (χ0) is 12.7. The van der Waals surface area contributed by atoms with Crippen LogP contribution in [0.5, 0.6) is 0 Å². The SMILES string of the molecule is CCCCC(CN)N(C)Cc1ccccc1Br. The summed E-state index contributed by atoms with van der Waals surface area (Å²) in [7, 11) is 2.16. The van der Waals surface area contributed by atoms with Crippen LogP contribution in [0.4, 0.5) is 0 Å². The normalized spacial score (nSPS) is 13.0. The van der Waals surface area contributed by atoms with Gasteiger partial charge in [-0.2, -0.15) is 0 Å². The van der Waals surface area contributed by atoms with Crippen molar-refractivity contribution in [3.05, 3.63) is 34.3 Å². The summed E-state index contributed by atoms with van der Waals surface area (Å²) < 4.78 is 1.18. The second-order valence-electron chi connectivity index (χ2n) is 4.54. The van der Waals surface area contributed by atoms with Gasteiger partial charge in [0.15, 0.2) is 0 Å². The van der Waals surface area contributed by atoms with Crippen LogP contribution in [0, 0.1) is 0 Å². The molecule has 0 aromatic heterocycles. The van der Waals surface area contributed by atoms with Gasteiger partial charge in [0.2, 0.25) is 0 Å². The third-order valence-electron chi connectivity index (χ3n) is 3.16. The molecule has 0 aliphatic heterocycles. The molecule has 0 heterocycles. The van der Waals surface area contributed by atoms with Crippen LogP contribution in [-0.4, -0.2) is 24.5 Å². The van der Waals surface area contributed by atoms with Crippen LogP contribution in [0.2, 0.25) is 0 Å². The van der Waals surface area contributed by atoms with E-state index < -0.39 is 0 Å². The van der Waals surface area contributed by atoms with Gasteiger partial charge >= 0.3 is 0 Å². The van der Waals surface area contributed by atoms with Crippen LogP contribution in [-0.2, 0) is 6.54 Å². The molecule has 0 fully saturated rings. The van der Waals surface area contributed by atoms with Crippen LogP contribution < -0.4 is 5.73 Å². The lowest BCUT2D eigenvalue weighted by Gasteiger charge is -2.27. The van der Waals surface area contributed by atoms with Gasteiger partial charge in [0.05, 0.1) is 0 Å². The van der Waals surface area contributed by atoms with E-state index in [0.29, 0.717) is 6.04 Å². The maximum absolute atomic E-state index is 5.85. The third kappa shape index (κ3) is 4.78. The Morgan fingerprint density at radius 3 is 2.65 bits per heavy atom. The summed E-state index contributed by atoms with van der Waals surface area (Å²) in [5.74, 6) is 0. The van der Waals surface area contributed by atoms with E-state index in [1.54, 1.807) is 0 Å². The lowest BCUT2D eigenvalue weighted by molar-refractivity contribution is 0.223. The molecule has 1 aromatic rings. The van der Waals surface area contributed by atoms with Gasteiger partial charge < -0.3 is 5.73 Å². The van der Waals surface area contributed by atoms with Crippen LogP contribution in [0.3, 0.4) is 0 Å². The minimum absolute atomic E-state index is 0.488. The van der Waals surface area contributed by atoms with Crippen LogP contribution in [0.15, 0.2) is 28.7 Å². The Bertz CT molecular complexity index is 328. The number of halogens is 1. The Morgan fingerprint density at radius 1 is 1.35 bits per heavy atom. The van der Waals surface area contributed by atoms with Gasteiger partial charge in [-0.1, -0.05) is 53.9 Å². The van der Waals surface area contributed by atoms with E-state index in [-0.39, 0.29) is 0 Å². The van der Waals surface area contributed by atoms with E-state index in [9.17, 15) is 0 Å². The molecule has 96 valence electrons. The maximum Gasteiger partial charge on any atom is 0.0245 e. The largest absolute Gasteiger partial charge is 0.329 e. The zero-order valence-electron chi connectivity index (χ0n) is 10.8. The number of hydrogen-bond acceptors (Lipinski definition) is 2. The monoisotopic (exact) mass is 298 g/mol. The Labute approximate surface area is 113 Å². The van der Waals surface area contributed by atoms with Crippen molar-refractivity contribution in [3.63, 3.8) is 0 Å². The highest BCUT2D eigenvalue weighted by molar-refractivity contribution is 9.10. The Kier molecular flexibility index (Phi) is 6.78. The molecular formula is C14H23BrN2. The molecular weight excluding hydrogens is 276 g/mol. The topological polar surface area (TPSA) is 29.3 Å². The van der Waals surface area contributed by atoms with Gasteiger partial charge in [-0.05, 0) is 25.1 Å². The van der Waals surface area contributed by atoms with Gasteiger partial charge in [0, 0.05) is 23.6 Å². The fourth-order valence-electron chi connectivity index (χ4n) is 1.98. The molecule has 0 amide bonds. The number of nitrogens with two attached hydrogens (primary N) is 1. The number of hydrogen-bond donors (Lipinski definition) is 1. The molecule has 0 saturated heterocycles. The predicted molar refractivity (Wildman–Crippen MR) is 78.0 cm³/mol. The number of likely N-dealkylation sites (N-methyl/N-ethyl adjacent to an activating group) is 1. The molecule has 2 nitrogen and oxygen atoms in total. The van der Waals surface area contributed by atoms with E-state index in [1.165, 1.54) is 29.3 Å². The summed E-state index contributed by atoms with van der Waals surface area (Å²) in [5, 5.41) is 0. The highest BCUT2D eigenvalue weighted by Crippen LogP contribution is 2.19. The van der Waals surface area contributed by atoms with Crippen molar-refractivity contribution >= 4 is 15.9 Å². The molecule has 17 heavy (non-hydrogen) atoms. The first-order chi connectivity index (χ1) is 8.19. The van der Waals surface area contributed by atoms with Crippen LogP contribution >= 0.6 is 15.9 Å². The molecule has 1 rings (SSSR count). The Morgan fingerprint density at radius 2 is 2.06 bits per heavy atom. The van der Waals surface area contributed by atoms with Gasteiger partial charge in [-0.15, -0.1) is 0 Å². The number of nitrogens with zero attached hydrogens (tertiary/aromatic N) is 1. The van der Waals surface area contributed by atoms with E-state index in [0.717, 1.165) is 13.1 Å². The number of rotatable bonds is 7. The smallest absolute Gasteiger partial charge is 0.0245 e. The average molecular weight is 299 g/mol. The summed E-state index contributed by atoms with van der Waals surface area (Å²) >= 11 is 3.59. The minimum atomic E-state index is 0.488. The van der Waals surface area contributed by atoms with E-state index in [2.05, 4.69) is 53.0 Å². The third-order valence-corrected chi connectivity index (χ3v) is 3.94. The van der Waals surface area contributed by atoms with Crippen molar-refractivity contribution in [2.24, 2.45) is 5.73 Å². The first-order valence-corrected chi connectivity index (χ1v) is 7.12. The number of benzene rings is 1. The van der Waals surface area contributed by atoms with Gasteiger partial charge in [0.25, 0.3) is 0 Å². The van der Waals surface area contributed by atoms with Gasteiger partial charge in [-0.3, -0.25) is 4.90 Å². The molecule has 3 heteroatoms. The van der Waals surface area contributed by atoms with Crippen molar-refractivity contribution in [1.82, 2.24) is 4.90 Å². The second-order valence-corrected chi connectivity index (χ2v) is 5.39. The fraction of sp³-hybridized carbons (Fsp3) is 0.571. The lowest BCUT2D eigenvalue weighted by atomic mass is 10.1. The van der Waals surface area contributed by atoms with E-state index >= 15 is 0 Å². The van der Waals surface area contributed by atoms with Crippen molar-refractivity contribution in [2.75, 3.05) is 13.6 Å². The molecule has 1 unspecified atom stereocenters. The maximum atomic E-state index is 5.85. The molecule has 0 bridgehead atoms. The Balaban J connectivity index is 2.57. The highest BCUT2D eigenvalue weighted by atomic mass is 79.9. The first-order valence-electron chi connectivity index (χ1n) is 6.32. The van der Waals surface area contributed by atoms with Gasteiger partial charge in [0.1, 0.15) is 0 Å². The van der Waals surface area contributed by atoms with Gasteiger partial charge in [-0.25, -0.2) is 0 Å². The summed E-state index contributed by atoms with van der Waals surface area (Å²) in [5.41, 5.74) is 7.18. The van der Waals surface area contributed by atoms with Crippen LogP contribution in [0.25, 0.3) is 0 Å². The molecule has 0 aliphatic carbocycles. The standard InChI is InChI=1S/C14H23BrN2/c1-3-4-8-13(10-16)17(2)11-12-7-5-6-9-14(12)15/h5-7,9,13H,3-4,8,10-11,16H2,1-2H3. The molecule has 0 spiro atoms. The second kappa shape index (κ2) is 7.85. The first kappa shape index (κ1) is 14.7. The summed E-state index contributed by atoms with van der Waals surface area (Å²) in [4.78, 5) is 2.36. The highest BCUT2D eigenvalue weighted by Gasteiger charge is 2.13. The quantitative estimate of drug-likeness (QED) is 0.836. The van der Waals surface area contributed by atoms with Crippen molar-refractivity contribution in [1.29, 1.82) is 0 Å². The molecule has 1 atom stereocenters. The number of unbranched alkanes of at least 4 members (excludes halogenated alkanes) is 1. The van der Waals surface area contributed by atoms with E-state index in [4.69, 9.17) is 5.73 Å². The average Bonchev–Trinajstić information content (AvgIpc) is 2.33. The Hall–Kier alpha value is -0.380. The lowest BCUT2D eigenvalue weighted by Crippen LogP contribution is -2.37. The molecule has 1 aromatic carbocycles. The minimum Gasteiger partial charge on any atom is -0.329 e. The predicted octanol–water partition coefficient (Wildman–Crippen LogP) is 3.40. The fourth-order valence-corrected chi connectivity index (χ4v) is 2.39. The van der Waals surface area contributed by atoms with Crippen molar-refractivity contribution in [3.8, 4) is 0 Å². The van der Waals surface area contributed by atoms with Crippen molar-refractivity contribution < 1.29 is 0 Å². The summed E-state index contributed by atoms with van der Waals surface area (Å²) in [6.07, 6.45) is 3.68. The van der Waals surface area contributed by atoms with Crippen molar-refractivity contribution in [2.45, 2.75) is 38.8 Å². The van der Waals surface area contributed by atoms with Crippen LogP contribution in [0.1, 0.15) is 31.7 Å². The van der Waals surface area contributed by atoms with E-state index in [1.807, 2.05) is 6.07 Å². The summed E-state index contributed by atoms with van der Waals surface area (Å²) in [6, 6.07) is 8.87. The molecule has 0 aliphatic rings. The zero-order valence-corrected chi connectivity index (χ0v) is 12.4. The molecule has 0 radical (unpaired) electrons. The molecule has 2 N–H and O–H groups in total. The summed E-state index contributed by atoms with van der Waals surface area (Å²) in [6.45, 7) is 3.91. The molecule has 0 saturated carbocycles.